The van der Waals surface area contributed by atoms with E-state index in [0.717, 1.165) is 16.8 Å². The van der Waals surface area contributed by atoms with Crippen LogP contribution in [0.3, 0.4) is 0 Å². The average molecular weight is 351 g/mol. The summed E-state index contributed by atoms with van der Waals surface area (Å²) in [7, 11) is 1.72. The molecule has 1 aromatic carbocycles. The predicted molar refractivity (Wildman–Crippen MR) is 92.9 cm³/mol. The number of hydrogen-bond acceptors (Lipinski definition) is 4. The first-order chi connectivity index (χ1) is 12.4. The highest BCUT2D eigenvalue weighted by molar-refractivity contribution is 6.00. The fraction of sp³-hybridized carbons (Fsp3) is 0.263. The highest BCUT2D eigenvalue weighted by atomic mass is 16.4. The van der Waals surface area contributed by atoms with E-state index in [2.05, 4.69) is 4.98 Å². The third-order valence-electron chi connectivity index (χ3n) is 4.95. The van der Waals surface area contributed by atoms with Crippen molar-refractivity contribution in [3.05, 3.63) is 58.4 Å². The maximum atomic E-state index is 12.9. The third-order valence-corrected chi connectivity index (χ3v) is 4.95. The molecule has 0 saturated carbocycles. The average Bonchev–Trinajstić information content (AvgIpc) is 3.07. The number of aromatic nitrogens is 1. The Morgan fingerprint density at radius 1 is 1.08 bits per heavy atom. The molecule has 0 unspecified atom stereocenters. The number of hydrogen-bond donors (Lipinski definition) is 1. The lowest BCUT2D eigenvalue weighted by Gasteiger charge is -2.26. The second kappa shape index (κ2) is 5.94. The summed E-state index contributed by atoms with van der Waals surface area (Å²) in [5.74, 6) is -1.20. The van der Waals surface area contributed by atoms with Gasteiger partial charge in [-0.05, 0) is 35.7 Å². The van der Waals surface area contributed by atoms with E-state index < -0.39 is 5.97 Å². The molecule has 1 N–H and O–H groups in total. The van der Waals surface area contributed by atoms with Crippen LogP contribution in [-0.4, -0.2) is 39.8 Å². The van der Waals surface area contributed by atoms with E-state index in [1.54, 1.807) is 35.0 Å². The van der Waals surface area contributed by atoms with Gasteiger partial charge in [0.25, 0.3) is 5.91 Å². The van der Waals surface area contributed by atoms with Crippen LogP contribution >= 0.6 is 0 Å². The Morgan fingerprint density at radius 3 is 2.62 bits per heavy atom. The number of pyridine rings is 1. The number of nitrogens with zero attached hydrogens (tertiary/aromatic N) is 3. The van der Waals surface area contributed by atoms with Crippen LogP contribution in [0.25, 0.3) is 0 Å². The molecule has 0 atom stereocenters. The summed E-state index contributed by atoms with van der Waals surface area (Å²) in [6.07, 6.45) is 1.17. The number of carbonyl (C=O) groups excluding carboxylic acids is 2. The van der Waals surface area contributed by atoms with Crippen molar-refractivity contribution in [1.29, 1.82) is 0 Å². The molecule has 26 heavy (non-hydrogen) atoms. The van der Waals surface area contributed by atoms with Gasteiger partial charge in [0.2, 0.25) is 5.91 Å². The maximum absolute atomic E-state index is 12.9. The summed E-state index contributed by atoms with van der Waals surface area (Å²) in [5, 5.41) is 9.05. The monoisotopic (exact) mass is 351 g/mol. The highest BCUT2D eigenvalue weighted by Gasteiger charge is 2.28. The van der Waals surface area contributed by atoms with E-state index in [4.69, 9.17) is 5.11 Å². The quantitative estimate of drug-likeness (QED) is 0.892. The summed E-state index contributed by atoms with van der Waals surface area (Å²) >= 11 is 0. The minimum absolute atomic E-state index is 0.0213. The summed E-state index contributed by atoms with van der Waals surface area (Å²) in [5.41, 5.74) is 3.79. The Kier molecular flexibility index (Phi) is 3.72. The van der Waals surface area contributed by atoms with Crippen LogP contribution in [0.15, 0.2) is 30.3 Å². The van der Waals surface area contributed by atoms with Gasteiger partial charge in [-0.1, -0.05) is 12.1 Å². The zero-order valence-corrected chi connectivity index (χ0v) is 14.2. The zero-order valence-electron chi connectivity index (χ0n) is 14.2. The van der Waals surface area contributed by atoms with Crippen LogP contribution in [0.2, 0.25) is 0 Å². The number of rotatable bonds is 2. The van der Waals surface area contributed by atoms with Crippen molar-refractivity contribution < 1.29 is 19.5 Å². The van der Waals surface area contributed by atoms with Crippen LogP contribution in [0.1, 0.15) is 44.1 Å². The highest BCUT2D eigenvalue weighted by Crippen LogP contribution is 2.29. The summed E-state index contributed by atoms with van der Waals surface area (Å²) in [6.45, 7) is 0.675. The summed E-state index contributed by atoms with van der Waals surface area (Å²) in [6, 6.07) is 8.60. The molecular formula is C19H17N3O4. The molecule has 2 aliphatic heterocycles. The standard InChI is InChI=1S/C19H17N3O4/c1-21-16-8-12(3-2-11(16)5-7-17(21)23)18(24)22-9-13-4-6-14(19(25)26)20-15(13)10-22/h2-4,6,8H,5,7,9-10H2,1H3,(H,25,26). The summed E-state index contributed by atoms with van der Waals surface area (Å²) < 4.78 is 0. The molecule has 3 heterocycles. The molecule has 4 rings (SSSR count). The number of benzene rings is 1. The summed E-state index contributed by atoms with van der Waals surface area (Å²) in [4.78, 5) is 43.2. The zero-order chi connectivity index (χ0) is 18.4. The van der Waals surface area contributed by atoms with Gasteiger partial charge in [-0.3, -0.25) is 9.59 Å². The minimum Gasteiger partial charge on any atom is -0.477 e. The minimum atomic E-state index is -1.08. The first-order valence-corrected chi connectivity index (χ1v) is 8.35. The van der Waals surface area contributed by atoms with Crippen molar-refractivity contribution in [3.8, 4) is 0 Å². The largest absolute Gasteiger partial charge is 0.477 e. The molecule has 0 radical (unpaired) electrons. The van der Waals surface area contributed by atoms with Gasteiger partial charge in [0.05, 0.1) is 12.2 Å². The molecule has 0 spiro atoms. The number of carboxylic acids is 1. The number of aryl methyl sites for hydroxylation is 1. The van der Waals surface area contributed by atoms with Gasteiger partial charge < -0.3 is 14.9 Å². The van der Waals surface area contributed by atoms with Crippen molar-refractivity contribution in [2.45, 2.75) is 25.9 Å². The van der Waals surface area contributed by atoms with Gasteiger partial charge in [-0.25, -0.2) is 9.78 Å². The first-order valence-electron chi connectivity index (χ1n) is 8.35. The van der Waals surface area contributed by atoms with Crippen molar-refractivity contribution in [1.82, 2.24) is 9.88 Å². The molecular weight excluding hydrogens is 334 g/mol. The van der Waals surface area contributed by atoms with Crippen LogP contribution in [0.5, 0.6) is 0 Å². The van der Waals surface area contributed by atoms with E-state index in [9.17, 15) is 14.4 Å². The molecule has 2 aromatic rings. The van der Waals surface area contributed by atoms with Gasteiger partial charge in [0.15, 0.2) is 0 Å². The Bertz CT molecular complexity index is 954. The van der Waals surface area contributed by atoms with Gasteiger partial charge in [0, 0.05) is 31.3 Å². The number of amides is 2. The van der Waals surface area contributed by atoms with Gasteiger partial charge in [-0.2, -0.15) is 0 Å². The van der Waals surface area contributed by atoms with Crippen molar-refractivity contribution >= 4 is 23.5 Å². The second-order valence-electron chi connectivity index (χ2n) is 6.56. The second-order valence-corrected chi connectivity index (χ2v) is 6.56. The van der Waals surface area contributed by atoms with Gasteiger partial charge in [-0.15, -0.1) is 0 Å². The first kappa shape index (κ1) is 16.3. The van der Waals surface area contributed by atoms with Gasteiger partial charge in [0.1, 0.15) is 5.69 Å². The molecule has 0 bridgehead atoms. The Hall–Kier alpha value is -3.22. The SMILES string of the molecule is CN1C(=O)CCc2ccc(C(=O)N3Cc4ccc(C(=O)O)nc4C3)cc21. The smallest absolute Gasteiger partial charge is 0.354 e. The predicted octanol–water partition coefficient (Wildman–Crippen LogP) is 1.84. The number of fused-ring (bicyclic) bond motifs is 2. The topological polar surface area (TPSA) is 90.8 Å². The number of carboxylic acid groups (broad SMARTS) is 1. The molecule has 132 valence electrons. The van der Waals surface area contributed by atoms with Crippen LogP contribution in [0, 0.1) is 0 Å². The Labute approximate surface area is 149 Å². The normalized spacial score (nSPS) is 15.7. The molecule has 2 aliphatic rings. The lowest BCUT2D eigenvalue weighted by Crippen LogP contribution is -2.32. The van der Waals surface area contributed by atoms with Crippen LogP contribution < -0.4 is 4.90 Å². The van der Waals surface area contributed by atoms with E-state index >= 15 is 0 Å². The van der Waals surface area contributed by atoms with E-state index in [1.807, 2.05) is 6.07 Å². The van der Waals surface area contributed by atoms with E-state index in [1.165, 1.54) is 6.07 Å². The molecule has 7 heteroatoms. The van der Waals surface area contributed by atoms with Crippen molar-refractivity contribution in [2.75, 3.05) is 11.9 Å². The van der Waals surface area contributed by atoms with Crippen LogP contribution in [-0.2, 0) is 24.3 Å². The molecule has 0 fully saturated rings. The fourth-order valence-electron chi connectivity index (χ4n) is 3.46. The lowest BCUT2D eigenvalue weighted by molar-refractivity contribution is -0.118. The fourth-order valence-corrected chi connectivity index (χ4v) is 3.46. The Morgan fingerprint density at radius 2 is 1.85 bits per heavy atom. The number of anilines is 1. The van der Waals surface area contributed by atoms with Crippen molar-refractivity contribution in [3.63, 3.8) is 0 Å². The van der Waals surface area contributed by atoms with Gasteiger partial charge >= 0.3 is 5.97 Å². The van der Waals surface area contributed by atoms with Crippen molar-refractivity contribution in [2.24, 2.45) is 0 Å². The van der Waals surface area contributed by atoms with E-state index in [0.29, 0.717) is 30.6 Å². The maximum Gasteiger partial charge on any atom is 0.354 e. The Balaban J connectivity index is 1.59. The number of carbonyl (C=O) groups is 3. The molecule has 0 aliphatic carbocycles. The molecule has 0 saturated heterocycles. The molecule has 2 amide bonds. The van der Waals surface area contributed by atoms with Crippen LogP contribution in [0.4, 0.5) is 5.69 Å². The molecule has 7 nitrogen and oxygen atoms in total. The lowest BCUT2D eigenvalue weighted by atomic mass is 9.99. The van der Waals surface area contributed by atoms with E-state index in [-0.39, 0.29) is 24.1 Å². The molecule has 1 aromatic heterocycles. The number of aromatic carboxylic acids is 1. The third kappa shape index (κ3) is 2.61.